The number of hydrogen-bond acceptors (Lipinski definition) is 3. The second-order valence-corrected chi connectivity index (χ2v) is 4.73. The van der Waals surface area contributed by atoms with Crippen LogP contribution < -0.4 is 5.56 Å². The van der Waals surface area contributed by atoms with E-state index in [9.17, 15) is 14.7 Å². The fourth-order valence-electron chi connectivity index (χ4n) is 1.97. The zero-order valence-corrected chi connectivity index (χ0v) is 9.80. The molecule has 1 aliphatic heterocycles. The maximum absolute atomic E-state index is 11.7. The highest BCUT2D eigenvalue weighted by molar-refractivity contribution is 5.77. The Balaban J connectivity index is 1.86. The van der Waals surface area contributed by atoms with Gasteiger partial charge in [0.15, 0.2) is 0 Å². The maximum Gasteiger partial charge on any atom is 0.250 e. The molecule has 1 saturated heterocycles. The molecule has 5 heteroatoms. The molecule has 5 nitrogen and oxygen atoms in total. The summed E-state index contributed by atoms with van der Waals surface area (Å²) in [5.41, 5.74) is -0.838. The van der Waals surface area contributed by atoms with Crippen molar-refractivity contribution in [3.8, 4) is 0 Å². The van der Waals surface area contributed by atoms with E-state index in [1.54, 1.807) is 30.2 Å². The predicted octanol–water partition coefficient (Wildman–Crippen LogP) is -0.168. The summed E-state index contributed by atoms with van der Waals surface area (Å²) >= 11 is 0. The monoisotopic (exact) mass is 236 g/mol. The highest BCUT2D eigenvalue weighted by atomic mass is 16.3. The minimum Gasteiger partial charge on any atom is -0.386 e. The second-order valence-electron chi connectivity index (χ2n) is 4.73. The number of amides is 1. The zero-order chi connectivity index (χ0) is 12.5. The number of aliphatic hydroxyl groups is 1. The second kappa shape index (κ2) is 4.33. The molecular formula is C12H16N2O3. The molecule has 1 N–H and O–H groups in total. The highest BCUT2D eigenvalue weighted by Gasteiger charge is 2.38. The molecule has 0 aliphatic carbocycles. The Morgan fingerprint density at radius 1 is 1.47 bits per heavy atom. The molecule has 0 radical (unpaired) electrons. The van der Waals surface area contributed by atoms with Gasteiger partial charge in [0.05, 0.1) is 18.7 Å². The van der Waals surface area contributed by atoms with E-state index in [1.165, 1.54) is 10.6 Å². The van der Waals surface area contributed by atoms with Crippen LogP contribution in [0.2, 0.25) is 0 Å². The van der Waals surface area contributed by atoms with Gasteiger partial charge in [-0.3, -0.25) is 9.59 Å². The lowest BCUT2D eigenvalue weighted by atomic mass is 9.96. The van der Waals surface area contributed by atoms with Gasteiger partial charge in [0.2, 0.25) is 5.91 Å². The van der Waals surface area contributed by atoms with E-state index in [-0.39, 0.29) is 11.5 Å². The molecule has 2 rings (SSSR count). The van der Waals surface area contributed by atoms with Gasteiger partial charge in [-0.15, -0.1) is 0 Å². The van der Waals surface area contributed by atoms with Crippen LogP contribution >= 0.6 is 0 Å². The Morgan fingerprint density at radius 3 is 2.76 bits per heavy atom. The van der Waals surface area contributed by atoms with Gasteiger partial charge in [-0.25, -0.2) is 0 Å². The number of aromatic nitrogens is 1. The Bertz CT molecular complexity index is 471. The average molecular weight is 236 g/mol. The normalized spacial score (nSPS) is 17.6. The molecule has 17 heavy (non-hydrogen) atoms. The van der Waals surface area contributed by atoms with Crippen LogP contribution in [0.3, 0.4) is 0 Å². The summed E-state index contributed by atoms with van der Waals surface area (Å²) in [7, 11) is 0. The fraction of sp³-hybridized carbons (Fsp3) is 0.500. The minimum absolute atomic E-state index is 0.0210. The van der Waals surface area contributed by atoms with Gasteiger partial charge in [-0.1, -0.05) is 6.07 Å². The first kappa shape index (κ1) is 11.9. The number of hydrogen-bond donors (Lipinski definition) is 1. The molecule has 0 atom stereocenters. The molecule has 1 aromatic heterocycles. The van der Waals surface area contributed by atoms with Crippen LogP contribution in [0.15, 0.2) is 29.2 Å². The Morgan fingerprint density at radius 2 is 2.18 bits per heavy atom. The summed E-state index contributed by atoms with van der Waals surface area (Å²) in [4.78, 5) is 24.7. The lowest BCUT2D eigenvalue weighted by molar-refractivity contribution is -0.152. The smallest absolute Gasteiger partial charge is 0.250 e. The van der Waals surface area contributed by atoms with E-state index < -0.39 is 5.60 Å². The van der Waals surface area contributed by atoms with Gasteiger partial charge in [-0.05, 0) is 13.0 Å². The van der Waals surface area contributed by atoms with Crippen molar-refractivity contribution >= 4 is 5.91 Å². The summed E-state index contributed by atoms with van der Waals surface area (Å²) in [6.45, 7) is 2.86. The number of carbonyl (C=O) groups excluding carboxylic acids is 1. The van der Waals surface area contributed by atoms with Gasteiger partial charge in [0.1, 0.15) is 0 Å². The number of likely N-dealkylation sites (tertiary alicyclic amines) is 1. The molecule has 1 aliphatic rings. The molecule has 1 fully saturated rings. The number of nitrogens with zero attached hydrogens (tertiary/aromatic N) is 2. The molecule has 1 amide bonds. The molecule has 0 aromatic carbocycles. The van der Waals surface area contributed by atoms with Crippen LogP contribution in [0.25, 0.3) is 0 Å². The Hall–Kier alpha value is -1.62. The van der Waals surface area contributed by atoms with Crippen LogP contribution in [0.5, 0.6) is 0 Å². The number of carbonyl (C=O) groups is 1. The largest absolute Gasteiger partial charge is 0.386 e. The van der Waals surface area contributed by atoms with Crippen LogP contribution in [0.4, 0.5) is 0 Å². The quantitative estimate of drug-likeness (QED) is 0.792. The summed E-state index contributed by atoms with van der Waals surface area (Å²) < 4.78 is 1.51. The van der Waals surface area contributed by atoms with E-state index in [0.29, 0.717) is 26.1 Å². The van der Waals surface area contributed by atoms with E-state index in [0.717, 1.165) is 0 Å². The van der Waals surface area contributed by atoms with E-state index in [1.807, 2.05) is 0 Å². The van der Waals surface area contributed by atoms with Crippen LogP contribution in [-0.4, -0.2) is 39.2 Å². The third-order valence-electron chi connectivity index (χ3n) is 2.88. The molecule has 0 saturated carbocycles. The number of pyridine rings is 1. The molecule has 1 aromatic rings. The lowest BCUT2D eigenvalue weighted by Gasteiger charge is -2.44. The first-order chi connectivity index (χ1) is 7.98. The summed E-state index contributed by atoms with van der Waals surface area (Å²) in [5.74, 6) is -0.0210. The lowest BCUT2D eigenvalue weighted by Crippen LogP contribution is -2.61. The first-order valence-electron chi connectivity index (χ1n) is 5.64. The fourth-order valence-corrected chi connectivity index (χ4v) is 1.97. The van der Waals surface area contributed by atoms with Gasteiger partial charge in [0.25, 0.3) is 5.56 Å². The molecule has 0 bridgehead atoms. The van der Waals surface area contributed by atoms with E-state index >= 15 is 0 Å². The van der Waals surface area contributed by atoms with Crippen molar-refractivity contribution in [2.75, 3.05) is 13.1 Å². The summed E-state index contributed by atoms with van der Waals surface area (Å²) in [6, 6.07) is 4.91. The van der Waals surface area contributed by atoms with Crippen molar-refractivity contribution < 1.29 is 9.90 Å². The Labute approximate surface area is 99.3 Å². The molecule has 2 heterocycles. The van der Waals surface area contributed by atoms with Gasteiger partial charge < -0.3 is 14.6 Å². The van der Waals surface area contributed by atoms with Gasteiger partial charge in [-0.2, -0.15) is 0 Å². The number of rotatable bonds is 3. The number of aryl methyl sites for hydroxylation is 1. The van der Waals surface area contributed by atoms with Crippen molar-refractivity contribution in [2.24, 2.45) is 0 Å². The predicted molar refractivity (Wildman–Crippen MR) is 62.5 cm³/mol. The topological polar surface area (TPSA) is 62.5 Å². The van der Waals surface area contributed by atoms with Crippen molar-refractivity contribution in [1.82, 2.24) is 9.47 Å². The molecule has 92 valence electrons. The van der Waals surface area contributed by atoms with Gasteiger partial charge in [0, 0.05) is 25.2 Å². The van der Waals surface area contributed by atoms with Crippen LogP contribution in [0.1, 0.15) is 13.3 Å². The minimum atomic E-state index is -0.737. The third kappa shape index (κ3) is 2.74. The summed E-state index contributed by atoms with van der Waals surface area (Å²) in [5, 5.41) is 9.51. The van der Waals surface area contributed by atoms with Crippen molar-refractivity contribution in [1.29, 1.82) is 0 Å². The van der Waals surface area contributed by atoms with Crippen LogP contribution in [-0.2, 0) is 11.3 Å². The van der Waals surface area contributed by atoms with Crippen molar-refractivity contribution in [3.05, 3.63) is 34.7 Å². The standard InChI is InChI=1S/C12H16N2O3/c1-12(17)8-14(9-12)11(16)5-7-13-6-3-2-4-10(13)15/h2-4,6,17H,5,7-9H2,1H3. The van der Waals surface area contributed by atoms with Gasteiger partial charge >= 0.3 is 0 Å². The summed E-state index contributed by atoms with van der Waals surface area (Å²) in [6.07, 6.45) is 1.96. The van der Waals surface area contributed by atoms with E-state index in [4.69, 9.17) is 0 Å². The van der Waals surface area contributed by atoms with E-state index in [2.05, 4.69) is 0 Å². The SMILES string of the molecule is CC1(O)CN(C(=O)CCn2ccccc2=O)C1. The molecule has 0 unspecified atom stereocenters. The first-order valence-corrected chi connectivity index (χ1v) is 5.64. The van der Waals surface area contributed by atoms with Crippen LogP contribution in [0, 0.1) is 0 Å². The molecular weight excluding hydrogens is 220 g/mol. The zero-order valence-electron chi connectivity index (χ0n) is 9.80. The van der Waals surface area contributed by atoms with Crippen molar-refractivity contribution in [2.45, 2.75) is 25.5 Å². The van der Waals surface area contributed by atoms with Crippen molar-refractivity contribution in [3.63, 3.8) is 0 Å². The highest BCUT2D eigenvalue weighted by Crippen LogP contribution is 2.20. The average Bonchev–Trinajstić information content (AvgIpc) is 2.24. The third-order valence-corrected chi connectivity index (χ3v) is 2.88. The Kier molecular flexibility index (Phi) is 3.02. The maximum atomic E-state index is 11.7. The number of β-amino-alcohol motifs (C(OH)–C–C–N with tert-alkyl or cyclic N) is 1. The molecule has 0 spiro atoms.